The van der Waals surface area contributed by atoms with E-state index < -0.39 is 0 Å². The first-order valence-corrected chi connectivity index (χ1v) is 7.98. The molecule has 1 aliphatic carbocycles. The van der Waals surface area contributed by atoms with Crippen molar-refractivity contribution in [2.75, 3.05) is 12.9 Å². The summed E-state index contributed by atoms with van der Waals surface area (Å²) in [6.45, 7) is 2.93. The Morgan fingerprint density at radius 2 is 2.26 bits per heavy atom. The van der Waals surface area contributed by atoms with Crippen LogP contribution in [0.2, 0.25) is 0 Å². The fourth-order valence-electron chi connectivity index (χ4n) is 2.60. The van der Waals surface area contributed by atoms with Gasteiger partial charge in [0.05, 0.1) is 7.11 Å². The largest absolute Gasteiger partial charge is 0.508 e. The Kier molecular flexibility index (Phi) is 5.40. The molecule has 0 saturated heterocycles. The van der Waals surface area contributed by atoms with Gasteiger partial charge in [0.1, 0.15) is 11.5 Å². The molecule has 2 rings (SSSR count). The highest BCUT2D eigenvalue weighted by Crippen LogP contribution is 2.30. The average molecular weight is 281 g/mol. The molecule has 0 amide bonds. The molecule has 19 heavy (non-hydrogen) atoms. The van der Waals surface area contributed by atoms with Gasteiger partial charge in [-0.25, -0.2) is 0 Å². The predicted molar refractivity (Wildman–Crippen MR) is 81.1 cm³/mol. The maximum atomic E-state index is 9.84. The highest BCUT2D eigenvalue weighted by Gasteiger charge is 2.24. The summed E-state index contributed by atoms with van der Waals surface area (Å²) < 4.78 is 5.19. The molecule has 1 aromatic rings. The van der Waals surface area contributed by atoms with Gasteiger partial charge in [-0.3, -0.25) is 0 Å². The number of phenolic OH excluding ortho intramolecular Hbond substituents is 1. The van der Waals surface area contributed by atoms with E-state index in [-0.39, 0.29) is 0 Å². The quantitative estimate of drug-likeness (QED) is 0.840. The van der Waals surface area contributed by atoms with Gasteiger partial charge in [-0.2, -0.15) is 11.8 Å². The van der Waals surface area contributed by atoms with Gasteiger partial charge in [0.2, 0.25) is 0 Å². The van der Waals surface area contributed by atoms with Gasteiger partial charge in [-0.15, -0.1) is 0 Å². The lowest BCUT2D eigenvalue weighted by atomic mass is 10.1. The van der Waals surface area contributed by atoms with E-state index >= 15 is 0 Å². The summed E-state index contributed by atoms with van der Waals surface area (Å²) in [6.07, 6.45) is 3.78. The molecule has 2 N–H and O–H groups in total. The minimum Gasteiger partial charge on any atom is -0.508 e. The van der Waals surface area contributed by atoms with E-state index in [2.05, 4.69) is 24.0 Å². The summed E-state index contributed by atoms with van der Waals surface area (Å²) in [5.41, 5.74) is 0.908. The number of nitrogens with one attached hydrogen (secondary N) is 1. The van der Waals surface area contributed by atoms with E-state index in [0.717, 1.165) is 16.6 Å². The average Bonchev–Trinajstić information content (AvgIpc) is 2.86. The molecule has 3 nitrogen and oxygen atoms in total. The van der Waals surface area contributed by atoms with Crippen molar-refractivity contribution >= 4 is 11.8 Å². The van der Waals surface area contributed by atoms with Crippen LogP contribution in [0.5, 0.6) is 11.5 Å². The molecule has 1 aliphatic rings. The Hall–Kier alpha value is -0.870. The number of hydrogen-bond acceptors (Lipinski definition) is 4. The summed E-state index contributed by atoms with van der Waals surface area (Å²) in [6, 6.07) is 5.95. The topological polar surface area (TPSA) is 41.5 Å². The van der Waals surface area contributed by atoms with Gasteiger partial charge in [0, 0.05) is 23.4 Å². The van der Waals surface area contributed by atoms with Crippen LogP contribution in [0.3, 0.4) is 0 Å². The maximum Gasteiger partial charge on any atom is 0.120 e. The number of hydrogen-bond donors (Lipinski definition) is 2. The Morgan fingerprint density at radius 3 is 3.00 bits per heavy atom. The normalized spacial score (nSPS) is 22.6. The zero-order valence-electron chi connectivity index (χ0n) is 11.7. The van der Waals surface area contributed by atoms with Gasteiger partial charge in [0.15, 0.2) is 0 Å². The molecule has 0 heterocycles. The molecule has 0 bridgehead atoms. The van der Waals surface area contributed by atoms with Crippen LogP contribution in [0, 0.1) is 0 Å². The first-order chi connectivity index (χ1) is 9.22. The molecule has 4 heteroatoms. The molecule has 2 unspecified atom stereocenters. The Bertz CT molecular complexity index is 411. The van der Waals surface area contributed by atoms with E-state index in [0.29, 0.717) is 18.3 Å². The lowest BCUT2D eigenvalue weighted by Crippen LogP contribution is -2.26. The molecular formula is C15H23NO2S. The van der Waals surface area contributed by atoms with E-state index in [9.17, 15) is 5.11 Å². The van der Waals surface area contributed by atoms with Gasteiger partial charge in [0.25, 0.3) is 0 Å². The van der Waals surface area contributed by atoms with Crippen molar-refractivity contribution in [3.63, 3.8) is 0 Å². The van der Waals surface area contributed by atoms with E-state index in [1.54, 1.807) is 19.2 Å². The zero-order valence-corrected chi connectivity index (χ0v) is 12.5. The third kappa shape index (κ3) is 4.05. The van der Waals surface area contributed by atoms with Crippen LogP contribution in [0.15, 0.2) is 18.2 Å². The number of phenols is 1. The molecule has 1 aromatic carbocycles. The highest BCUT2D eigenvalue weighted by atomic mass is 32.2. The highest BCUT2D eigenvalue weighted by molar-refractivity contribution is 7.99. The lowest BCUT2D eigenvalue weighted by Gasteiger charge is -2.14. The van der Waals surface area contributed by atoms with Gasteiger partial charge in [-0.05, 0) is 43.2 Å². The number of ether oxygens (including phenoxy) is 1. The lowest BCUT2D eigenvalue weighted by molar-refractivity contribution is 0.409. The van der Waals surface area contributed by atoms with Crippen molar-refractivity contribution in [3.05, 3.63) is 23.8 Å². The number of aromatic hydroxyl groups is 1. The standard InChI is InChI=1S/C15H23NO2S/c1-3-19-14-6-4-12(9-14)16-10-11-8-13(18-2)5-7-15(11)17/h5,7-8,12,14,16-17H,3-4,6,9-10H2,1-2H3. The minimum atomic E-state index is 0.339. The van der Waals surface area contributed by atoms with E-state index in [4.69, 9.17) is 4.74 Å². The maximum absolute atomic E-state index is 9.84. The Labute approximate surface area is 119 Å². The van der Waals surface area contributed by atoms with E-state index in [1.807, 2.05) is 6.07 Å². The number of benzene rings is 1. The monoisotopic (exact) mass is 281 g/mol. The first-order valence-electron chi connectivity index (χ1n) is 6.93. The third-order valence-corrected chi connectivity index (χ3v) is 4.89. The Balaban J connectivity index is 1.85. The van der Waals surface area contributed by atoms with Gasteiger partial charge in [-0.1, -0.05) is 6.92 Å². The van der Waals surface area contributed by atoms with Gasteiger partial charge < -0.3 is 15.2 Å². The molecule has 0 spiro atoms. The number of methoxy groups -OCH3 is 1. The van der Waals surface area contributed by atoms with E-state index in [1.165, 1.54) is 25.0 Å². The summed E-state index contributed by atoms with van der Waals surface area (Å²) in [7, 11) is 1.65. The Morgan fingerprint density at radius 1 is 1.42 bits per heavy atom. The van der Waals surface area contributed by atoms with Crippen LogP contribution in [0.25, 0.3) is 0 Å². The van der Waals surface area contributed by atoms with Gasteiger partial charge >= 0.3 is 0 Å². The summed E-state index contributed by atoms with van der Waals surface area (Å²) >= 11 is 2.06. The fraction of sp³-hybridized carbons (Fsp3) is 0.600. The van der Waals surface area contributed by atoms with Crippen LogP contribution in [-0.2, 0) is 6.54 Å². The fourth-order valence-corrected chi connectivity index (χ4v) is 3.74. The summed E-state index contributed by atoms with van der Waals surface area (Å²) in [5.74, 6) is 2.33. The van der Waals surface area contributed by atoms with Crippen LogP contribution in [0.4, 0.5) is 0 Å². The molecule has 0 radical (unpaired) electrons. The van der Waals surface area contributed by atoms with Crippen LogP contribution >= 0.6 is 11.8 Å². The van der Waals surface area contributed by atoms with Crippen molar-refractivity contribution in [2.24, 2.45) is 0 Å². The van der Waals surface area contributed by atoms with Crippen molar-refractivity contribution in [1.82, 2.24) is 5.32 Å². The van der Waals surface area contributed by atoms with Crippen molar-refractivity contribution in [3.8, 4) is 11.5 Å². The summed E-state index contributed by atoms with van der Waals surface area (Å²) in [5, 5.41) is 14.2. The van der Waals surface area contributed by atoms with Crippen LogP contribution in [0.1, 0.15) is 31.7 Å². The van der Waals surface area contributed by atoms with Crippen molar-refractivity contribution in [2.45, 2.75) is 44.0 Å². The zero-order chi connectivity index (χ0) is 13.7. The second kappa shape index (κ2) is 7.06. The van der Waals surface area contributed by atoms with Crippen LogP contribution < -0.4 is 10.1 Å². The third-order valence-electron chi connectivity index (χ3n) is 3.65. The number of thioether (sulfide) groups is 1. The second-order valence-corrected chi connectivity index (χ2v) is 6.54. The van der Waals surface area contributed by atoms with Crippen molar-refractivity contribution < 1.29 is 9.84 Å². The second-order valence-electron chi connectivity index (χ2n) is 4.96. The first kappa shape index (κ1) is 14.5. The number of rotatable bonds is 6. The molecule has 1 saturated carbocycles. The smallest absolute Gasteiger partial charge is 0.120 e. The van der Waals surface area contributed by atoms with Crippen molar-refractivity contribution in [1.29, 1.82) is 0 Å². The molecule has 0 aliphatic heterocycles. The molecule has 2 atom stereocenters. The minimum absolute atomic E-state index is 0.339. The molecular weight excluding hydrogens is 258 g/mol. The molecule has 1 fully saturated rings. The molecule has 106 valence electrons. The SMILES string of the molecule is CCSC1CCC(NCc2cc(OC)ccc2O)C1. The summed E-state index contributed by atoms with van der Waals surface area (Å²) in [4.78, 5) is 0. The van der Waals surface area contributed by atoms with Crippen LogP contribution in [-0.4, -0.2) is 29.3 Å². The molecule has 0 aromatic heterocycles. The predicted octanol–water partition coefficient (Wildman–Crippen LogP) is 3.16.